The molecular weight excluding hydrogens is 506 g/mol. The van der Waals surface area contributed by atoms with E-state index in [1.54, 1.807) is 4.90 Å². The summed E-state index contributed by atoms with van der Waals surface area (Å²) < 4.78 is 5.88. The summed E-state index contributed by atoms with van der Waals surface area (Å²) in [6.45, 7) is 1.08. The fourth-order valence-electron chi connectivity index (χ4n) is 5.73. The van der Waals surface area contributed by atoms with Crippen LogP contribution in [0.3, 0.4) is 0 Å². The second-order valence-corrected chi connectivity index (χ2v) is 10.7. The summed E-state index contributed by atoms with van der Waals surface area (Å²) in [4.78, 5) is 26.6. The molecule has 1 heterocycles. The molecule has 194 valence electrons. The van der Waals surface area contributed by atoms with Crippen molar-refractivity contribution in [1.29, 1.82) is 0 Å². The van der Waals surface area contributed by atoms with Crippen LogP contribution in [0, 0.1) is 5.92 Å². The number of carbonyl (C=O) groups is 2. The Morgan fingerprint density at radius 1 is 0.846 bits per heavy atom. The second kappa shape index (κ2) is 10.9. The maximum absolute atomic E-state index is 13.2. The highest BCUT2D eigenvalue weighted by molar-refractivity contribution is 6.30. The predicted octanol–water partition coefficient (Wildman–Crippen LogP) is 7.86. The summed E-state index contributed by atoms with van der Waals surface area (Å²) in [5, 5.41) is 0.711. The van der Waals surface area contributed by atoms with E-state index in [1.165, 1.54) is 22.3 Å². The number of amides is 1. The number of hydrogen-bond donors (Lipinski definition) is 0. The Kier molecular flexibility index (Phi) is 7.04. The third-order valence-corrected chi connectivity index (χ3v) is 7.87. The number of carbonyl (C=O) groups excluding carboxylic acids is 2. The Hall–Kier alpha value is -4.15. The van der Waals surface area contributed by atoms with Crippen LogP contribution >= 0.6 is 11.6 Å². The van der Waals surface area contributed by atoms with Crippen molar-refractivity contribution in [2.24, 2.45) is 5.92 Å². The average Bonchev–Trinajstić information content (AvgIpc) is 3.30. The van der Waals surface area contributed by atoms with Crippen LogP contribution in [-0.2, 0) is 9.53 Å². The van der Waals surface area contributed by atoms with Gasteiger partial charge in [0.25, 0.3) is 0 Å². The minimum atomic E-state index is -0.382. The largest absolute Gasteiger partial charge is 0.448 e. The molecule has 0 N–H and O–H groups in total. The highest BCUT2D eigenvalue weighted by Gasteiger charge is 2.31. The van der Waals surface area contributed by atoms with Crippen LogP contribution < -0.4 is 0 Å². The molecule has 1 aliphatic heterocycles. The van der Waals surface area contributed by atoms with E-state index in [1.807, 2.05) is 48.5 Å². The molecule has 0 spiro atoms. The molecule has 1 aliphatic carbocycles. The Labute approximate surface area is 233 Å². The van der Waals surface area contributed by atoms with E-state index >= 15 is 0 Å². The van der Waals surface area contributed by atoms with Crippen LogP contribution in [0.25, 0.3) is 28.3 Å². The third kappa shape index (κ3) is 5.25. The zero-order chi connectivity index (χ0) is 26.8. The van der Waals surface area contributed by atoms with Crippen LogP contribution in [0.4, 0.5) is 4.79 Å². The van der Waals surface area contributed by atoms with E-state index in [-0.39, 0.29) is 24.5 Å². The van der Waals surface area contributed by atoms with Crippen LogP contribution in [0.2, 0.25) is 5.02 Å². The summed E-state index contributed by atoms with van der Waals surface area (Å²) in [5.41, 5.74) is 9.01. The molecule has 0 aromatic heterocycles. The Balaban J connectivity index is 1.15. The van der Waals surface area contributed by atoms with E-state index < -0.39 is 0 Å². The highest BCUT2D eigenvalue weighted by Crippen LogP contribution is 2.44. The van der Waals surface area contributed by atoms with Crippen molar-refractivity contribution in [3.8, 4) is 22.3 Å². The van der Waals surface area contributed by atoms with Crippen molar-refractivity contribution in [1.82, 2.24) is 4.90 Å². The number of piperidine rings is 1. The monoisotopic (exact) mass is 533 g/mol. The lowest BCUT2D eigenvalue weighted by Gasteiger charge is -2.32. The average molecular weight is 534 g/mol. The number of aldehydes is 1. The first kappa shape index (κ1) is 25.1. The zero-order valence-corrected chi connectivity index (χ0v) is 22.2. The maximum atomic E-state index is 13.2. The summed E-state index contributed by atoms with van der Waals surface area (Å²) >= 11 is 6.01. The van der Waals surface area contributed by atoms with Gasteiger partial charge < -0.3 is 14.4 Å². The van der Waals surface area contributed by atoms with Gasteiger partial charge in [-0.15, -0.1) is 0 Å². The highest BCUT2D eigenvalue weighted by atomic mass is 35.5. The third-order valence-electron chi connectivity index (χ3n) is 7.62. The molecule has 1 fully saturated rings. The number of halogens is 1. The van der Waals surface area contributed by atoms with Crippen molar-refractivity contribution in [2.75, 3.05) is 19.7 Å². The van der Waals surface area contributed by atoms with Gasteiger partial charge in [0.1, 0.15) is 12.9 Å². The lowest BCUT2D eigenvalue weighted by atomic mass is 9.93. The fourth-order valence-corrected chi connectivity index (χ4v) is 5.85. The first-order valence-corrected chi connectivity index (χ1v) is 13.6. The van der Waals surface area contributed by atoms with Crippen LogP contribution in [0.15, 0.2) is 103 Å². The standard InChI is InChI=1S/C34H28ClNO3/c35-28-15-13-27(14-16-28)26-11-9-23(10-12-26)17-24-18-25(21-37)20-36(19-24)34(38)39-22-33-31-7-3-1-5-29(31)30-6-2-4-8-32(30)33/h1-17,21,25,33H,18-20,22H2. The number of hydrogen-bond acceptors (Lipinski definition) is 3. The van der Waals surface area contributed by atoms with E-state index in [2.05, 4.69) is 54.6 Å². The Morgan fingerprint density at radius 3 is 2.05 bits per heavy atom. The molecule has 4 aromatic rings. The maximum Gasteiger partial charge on any atom is 0.410 e. The van der Waals surface area contributed by atoms with Gasteiger partial charge in [0.2, 0.25) is 0 Å². The van der Waals surface area contributed by atoms with E-state index in [0.29, 0.717) is 24.5 Å². The molecule has 5 heteroatoms. The summed E-state index contributed by atoms with van der Waals surface area (Å²) in [6.07, 6.45) is 3.27. The van der Waals surface area contributed by atoms with Crippen molar-refractivity contribution >= 4 is 30.1 Å². The Bertz CT molecular complexity index is 1500. The molecule has 1 atom stereocenters. The minimum Gasteiger partial charge on any atom is -0.448 e. The van der Waals surface area contributed by atoms with Crippen LogP contribution in [0.5, 0.6) is 0 Å². The molecule has 39 heavy (non-hydrogen) atoms. The van der Waals surface area contributed by atoms with Crippen molar-refractivity contribution in [3.05, 3.63) is 124 Å². The van der Waals surface area contributed by atoms with Crippen LogP contribution in [0.1, 0.15) is 29.0 Å². The topological polar surface area (TPSA) is 46.6 Å². The van der Waals surface area contributed by atoms with Crippen LogP contribution in [-0.4, -0.2) is 37.0 Å². The van der Waals surface area contributed by atoms with Crippen molar-refractivity contribution in [2.45, 2.75) is 12.3 Å². The fraction of sp³-hybridized carbons (Fsp3) is 0.176. The molecule has 1 amide bonds. The molecule has 1 unspecified atom stereocenters. The van der Waals surface area contributed by atoms with Gasteiger partial charge >= 0.3 is 6.09 Å². The molecule has 0 bridgehead atoms. The molecule has 2 aliphatic rings. The van der Waals surface area contributed by atoms with Gasteiger partial charge in [0, 0.05) is 29.9 Å². The number of nitrogens with zero attached hydrogens (tertiary/aromatic N) is 1. The van der Waals surface area contributed by atoms with E-state index in [0.717, 1.165) is 28.5 Å². The van der Waals surface area contributed by atoms with Gasteiger partial charge in [-0.3, -0.25) is 0 Å². The molecular formula is C34H28ClNO3. The summed E-state index contributed by atoms with van der Waals surface area (Å²) in [6, 6.07) is 32.6. The first-order valence-electron chi connectivity index (χ1n) is 13.2. The van der Waals surface area contributed by atoms with E-state index in [4.69, 9.17) is 16.3 Å². The van der Waals surface area contributed by atoms with Gasteiger partial charge in [-0.05, 0) is 63.1 Å². The lowest BCUT2D eigenvalue weighted by Crippen LogP contribution is -2.42. The van der Waals surface area contributed by atoms with Gasteiger partial charge in [-0.1, -0.05) is 103 Å². The smallest absolute Gasteiger partial charge is 0.410 e. The van der Waals surface area contributed by atoms with Crippen molar-refractivity contribution < 1.29 is 14.3 Å². The molecule has 4 nitrogen and oxygen atoms in total. The molecule has 0 radical (unpaired) electrons. The molecule has 4 aromatic carbocycles. The summed E-state index contributed by atoms with van der Waals surface area (Å²) in [5.74, 6) is -0.249. The molecule has 6 rings (SSSR count). The van der Waals surface area contributed by atoms with E-state index in [9.17, 15) is 9.59 Å². The predicted molar refractivity (Wildman–Crippen MR) is 156 cm³/mol. The Morgan fingerprint density at radius 2 is 1.44 bits per heavy atom. The number of fused-ring (bicyclic) bond motifs is 3. The normalized spacial score (nSPS) is 17.5. The van der Waals surface area contributed by atoms with Gasteiger partial charge in [0.05, 0.1) is 0 Å². The zero-order valence-electron chi connectivity index (χ0n) is 21.4. The SMILES string of the molecule is O=CC1CC(=Cc2ccc(-c3ccc(Cl)cc3)cc2)CN(C(=O)OCC2c3ccccc3-c3ccccc32)C1. The number of benzene rings is 4. The quantitative estimate of drug-likeness (QED) is 0.245. The summed E-state index contributed by atoms with van der Waals surface area (Å²) in [7, 11) is 0. The van der Waals surface area contributed by atoms with Gasteiger partial charge in [-0.25, -0.2) is 4.79 Å². The second-order valence-electron chi connectivity index (χ2n) is 10.2. The van der Waals surface area contributed by atoms with Crippen molar-refractivity contribution in [3.63, 3.8) is 0 Å². The minimum absolute atomic E-state index is 0.00201. The number of rotatable bonds is 5. The molecule has 0 saturated carbocycles. The van der Waals surface area contributed by atoms with Gasteiger partial charge in [0.15, 0.2) is 0 Å². The number of likely N-dealkylation sites (tertiary alicyclic amines) is 1. The van der Waals surface area contributed by atoms with Gasteiger partial charge in [-0.2, -0.15) is 0 Å². The first-order chi connectivity index (χ1) is 19.1. The lowest BCUT2D eigenvalue weighted by molar-refractivity contribution is -0.111. The number of ether oxygens (including phenoxy) is 1. The molecule has 1 saturated heterocycles.